The fourth-order valence-electron chi connectivity index (χ4n) is 7.26. The molecule has 0 unspecified atom stereocenters. The van der Waals surface area contributed by atoms with Crippen LogP contribution in [0, 0.1) is 13.8 Å². The molecule has 10 aromatic rings. The zero-order valence-corrected chi connectivity index (χ0v) is 32.2. The van der Waals surface area contributed by atoms with Gasteiger partial charge < -0.3 is 0 Å². The van der Waals surface area contributed by atoms with Crippen molar-refractivity contribution in [3.63, 3.8) is 0 Å². The van der Waals surface area contributed by atoms with Crippen molar-refractivity contribution in [2.75, 3.05) is 0 Å². The summed E-state index contributed by atoms with van der Waals surface area (Å²) in [4.78, 5) is 9.17. The largest absolute Gasteiger partial charge is 2.00 e. The van der Waals surface area contributed by atoms with E-state index in [2.05, 4.69) is 194 Å². The molecule has 2 aromatic heterocycles. The van der Waals surface area contributed by atoms with Crippen LogP contribution < -0.4 is 0 Å². The molecule has 0 N–H and O–H groups in total. The fraction of sp³-hybridized carbons (Fsp3) is 0.0400. The van der Waals surface area contributed by atoms with Crippen LogP contribution >= 0.6 is 0 Å². The summed E-state index contributed by atoms with van der Waals surface area (Å²) in [5, 5.41) is 10.2. The molecule has 0 aliphatic carbocycles. The quantitative estimate of drug-likeness (QED) is 0.167. The summed E-state index contributed by atoms with van der Waals surface area (Å²) in [5.41, 5.74) is 11.8. The topological polar surface area (TPSA) is 25.8 Å². The summed E-state index contributed by atoms with van der Waals surface area (Å²) >= 11 is 0. The number of pyridine rings is 2. The second-order valence-corrected chi connectivity index (χ2v) is 13.7. The molecule has 3 heteroatoms. The molecule has 0 spiro atoms. The van der Waals surface area contributed by atoms with E-state index in [0.717, 1.165) is 11.4 Å². The van der Waals surface area contributed by atoms with Gasteiger partial charge in [-0.2, -0.15) is 0 Å². The Morgan fingerprint density at radius 1 is 0.396 bits per heavy atom. The van der Waals surface area contributed by atoms with Crippen LogP contribution in [0.2, 0.25) is 0 Å². The Morgan fingerprint density at radius 3 is 1.25 bits per heavy atom. The van der Waals surface area contributed by atoms with Gasteiger partial charge in [0.15, 0.2) is 0 Å². The standard InChI is InChI=1S/2C25H18N.Zr/c2*1-17-9-12-25(26-16-17)22-14-20-7-4-8-23(24(20)15-22)21-11-10-18-5-2-3-6-19(18)13-21;/h2*2-16H,1H3;/q2*-1;+2. The van der Waals surface area contributed by atoms with Crippen molar-refractivity contribution in [2.45, 2.75) is 13.8 Å². The molecule has 0 aliphatic rings. The summed E-state index contributed by atoms with van der Waals surface area (Å²) < 4.78 is 0. The first-order valence-corrected chi connectivity index (χ1v) is 17.8. The van der Waals surface area contributed by atoms with E-state index in [4.69, 9.17) is 0 Å². The monoisotopic (exact) mass is 754 g/mol. The van der Waals surface area contributed by atoms with Crippen LogP contribution in [0.5, 0.6) is 0 Å². The molecule has 2 nitrogen and oxygen atoms in total. The number of hydrogen-bond acceptors (Lipinski definition) is 2. The van der Waals surface area contributed by atoms with Crippen molar-refractivity contribution in [3.8, 4) is 44.8 Å². The third-order valence-corrected chi connectivity index (χ3v) is 10.0. The molecule has 0 fully saturated rings. The van der Waals surface area contributed by atoms with Crippen molar-refractivity contribution in [3.05, 3.63) is 193 Å². The third-order valence-electron chi connectivity index (χ3n) is 10.0. The molecule has 2 heterocycles. The number of hydrogen-bond donors (Lipinski definition) is 0. The number of nitrogens with zero attached hydrogens (tertiary/aromatic N) is 2. The van der Waals surface area contributed by atoms with E-state index in [1.54, 1.807) is 0 Å². The molecule has 250 valence electrons. The predicted molar refractivity (Wildman–Crippen MR) is 221 cm³/mol. The smallest absolute Gasteiger partial charge is 0.295 e. The molecule has 0 saturated carbocycles. The van der Waals surface area contributed by atoms with E-state index < -0.39 is 0 Å². The Kier molecular flexibility index (Phi) is 9.52. The zero-order valence-electron chi connectivity index (χ0n) is 29.7. The van der Waals surface area contributed by atoms with E-state index in [0.29, 0.717) is 0 Å². The van der Waals surface area contributed by atoms with E-state index in [1.807, 2.05) is 12.4 Å². The summed E-state index contributed by atoms with van der Waals surface area (Å²) in [7, 11) is 0. The van der Waals surface area contributed by atoms with Crippen LogP contribution in [0.25, 0.3) is 87.9 Å². The van der Waals surface area contributed by atoms with Gasteiger partial charge in [-0.1, -0.05) is 132 Å². The van der Waals surface area contributed by atoms with Gasteiger partial charge in [-0.15, -0.1) is 69.1 Å². The Labute approximate surface area is 329 Å². The maximum atomic E-state index is 4.59. The van der Waals surface area contributed by atoms with Gasteiger partial charge in [-0.05, 0) is 69.8 Å². The van der Waals surface area contributed by atoms with Crippen LogP contribution in [0.15, 0.2) is 182 Å². The van der Waals surface area contributed by atoms with Crippen LogP contribution in [0.4, 0.5) is 0 Å². The number of aromatic nitrogens is 2. The van der Waals surface area contributed by atoms with Gasteiger partial charge in [-0.25, -0.2) is 0 Å². The minimum atomic E-state index is 0. The fourth-order valence-corrected chi connectivity index (χ4v) is 7.26. The minimum absolute atomic E-state index is 0. The van der Waals surface area contributed by atoms with Gasteiger partial charge in [0.05, 0.1) is 0 Å². The Hall–Kier alpha value is -5.76. The van der Waals surface area contributed by atoms with Crippen molar-refractivity contribution < 1.29 is 26.2 Å². The summed E-state index contributed by atoms with van der Waals surface area (Å²) in [6, 6.07) is 60.9. The molecular weight excluding hydrogens is 720 g/mol. The average Bonchev–Trinajstić information content (AvgIpc) is 3.84. The molecule has 53 heavy (non-hydrogen) atoms. The molecule has 10 rings (SSSR count). The van der Waals surface area contributed by atoms with Gasteiger partial charge in [0.25, 0.3) is 0 Å². The van der Waals surface area contributed by atoms with E-state index in [-0.39, 0.29) is 26.2 Å². The van der Waals surface area contributed by atoms with Crippen molar-refractivity contribution in [1.29, 1.82) is 0 Å². The molecule has 0 atom stereocenters. The van der Waals surface area contributed by atoms with Gasteiger partial charge >= 0.3 is 26.2 Å². The van der Waals surface area contributed by atoms with E-state index >= 15 is 0 Å². The predicted octanol–water partition coefficient (Wildman–Crippen LogP) is 13.5. The Morgan fingerprint density at radius 2 is 0.830 bits per heavy atom. The van der Waals surface area contributed by atoms with E-state index in [9.17, 15) is 0 Å². The SMILES string of the molecule is Cc1ccc(-c2cc3c(-c4ccc5ccccc5c4)cccc3[cH-]2)nc1.Cc1ccc(-c2cc3c(-c4ccc5ccccc5c4)cccc3[cH-]2)nc1.[Zr+2]. The first kappa shape index (κ1) is 34.3. The molecule has 0 bridgehead atoms. The number of benzene rings is 6. The molecule has 0 aliphatic heterocycles. The normalized spacial score (nSPS) is 11.1. The van der Waals surface area contributed by atoms with Gasteiger partial charge in [0, 0.05) is 23.8 Å². The maximum absolute atomic E-state index is 4.59. The minimum Gasteiger partial charge on any atom is -0.295 e. The number of aryl methyl sites for hydroxylation is 2. The van der Waals surface area contributed by atoms with Crippen LogP contribution in [0.3, 0.4) is 0 Å². The Balaban J connectivity index is 0.000000148. The molecule has 0 radical (unpaired) electrons. The molecule has 0 amide bonds. The molecule has 8 aromatic carbocycles. The van der Waals surface area contributed by atoms with Crippen molar-refractivity contribution >= 4 is 43.1 Å². The van der Waals surface area contributed by atoms with Crippen LogP contribution in [-0.4, -0.2) is 9.97 Å². The van der Waals surface area contributed by atoms with Crippen molar-refractivity contribution in [1.82, 2.24) is 9.97 Å². The number of rotatable bonds is 4. The molecular formula is C50H36N2Zr. The summed E-state index contributed by atoms with van der Waals surface area (Å²) in [6.07, 6.45) is 3.86. The van der Waals surface area contributed by atoms with Crippen molar-refractivity contribution in [2.24, 2.45) is 0 Å². The first-order valence-electron chi connectivity index (χ1n) is 17.8. The average molecular weight is 756 g/mol. The second-order valence-electron chi connectivity index (χ2n) is 13.7. The van der Waals surface area contributed by atoms with Gasteiger partial charge in [0.2, 0.25) is 0 Å². The van der Waals surface area contributed by atoms with Crippen LogP contribution in [-0.2, 0) is 26.2 Å². The van der Waals surface area contributed by atoms with Crippen LogP contribution in [0.1, 0.15) is 11.1 Å². The summed E-state index contributed by atoms with van der Waals surface area (Å²) in [5.74, 6) is 0. The van der Waals surface area contributed by atoms with E-state index in [1.165, 1.54) is 87.6 Å². The van der Waals surface area contributed by atoms with Gasteiger partial charge in [-0.3, -0.25) is 9.97 Å². The second kappa shape index (κ2) is 14.7. The number of fused-ring (bicyclic) bond motifs is 4. The molecule has 0 saturated heterocycles. The first-order chi connectivity index (χ1) is 25.6. The Bertz CT molecular complexity index is 2660. The zero-order chi connectivity index (χ0) is 35.0. The maximum Gasteiger partial charge on any atom is 2.00 e. The summed E-state index contributed by atoms with van der Waals surface area (Å²) in [6.45, 7) is 4.13. The van der Waals surface area contributed by atoms with Gasteiger partial charge in [0.1, 0.15) is 0 Å². The third kappa shape index (κ3) is 6.94.